The van der Waals surface area contributed by atoms with Gasteiger partial charge in [-0.05, 0) is 0 Å². The fourth-order valence-electron chi connectivity index (χ4n) is 0.519. The summed E-state index contributed by atoms with van der Waals surface area (Å²) in [6.45, 7) is 0. The van der Waals surface area contributed by atoms with Gasteiger partial charge in [-0.1, -0.05) is 0 Å². The first-order valence-electron chi connectivity index (χ1n) is 2.41. The molecule has 0 saturated heterocycles. The molecule has 1 aromatic rings. The van der Waals surface area contributed by atoms with E-state index in [0.29, 0.717) is 0 Å². The number of para-hydroxylation sites is 1. The van der Waals surface area contributed by atoms with E-state index < -0.39 is 0 Å². The molecule has 0 bridgehead atoms. The van der Waals surface area contributed by atoms with Crippen LogP contribution in [-0.2, 0) is 0 Å². The Morgan fingerprint density at radius 1 is 1.22 bits per heavy atom. The van der Waals surface area contributed by atoms with E-state index in [4.69, 9.17) is 10.2 Å². The van der Waals surface area contributed by atoms with Gasteiger partial charge in [0.25, 0.3) is 0 Å². The molecule has 2 radical (unpaired) electrons. The summed E-state index contributed by atoms with van der Waals surface area (Å²) in [4.78, 5) is 0. The van der Waals surface area contributed by atoms with Gasteiger partial charge in [-0.2, -0.15) is 0 Å². The zero-order valence-electron chi connectivity index (χ0n) is 4.57. The molecule has 0 aliphatic carbocycles. The summed E-state index contributed by atoms with van der Waals surface area (Å²) < 4.78 is 0.740. The normalized spacial score (nSPS) is 9.44. The molecule has 0 aliphatic heterocycles. The van der Waals surface area contributed by atoms with Crippen molar-refractivity contribution >= 4 is 26.5 Å². The second-order valence-corrected chi connectivity index (χ2v) is 3.02. The zero-order valence-corrected chi connectivity index (χ0v) is 7.13. The SMILES string of the molecule is Oc1ccc[c]([Sb])c1O. The summed E-state index contributed by atoms with van der Waals surface area (Å²) in [6.07, 6.45) is 0. The molecule has 0 aliphatic rings. The number of hydrogen-bond donors (Lipinski definition) is 2. The van der Waals surface area contributed by atoms with Crippen molar-refractivity contribution in [3.05, 3.63) is 18.2 Å². The van der Waals surface area contributed by atoms with Gasteiger partial charge in [-0.3, -0.25) is 0 Å². The molecule has 1 aromatic carbocycles. The Morgan fingerprint density at radius 2 is 1.89 bits per heavy atom. The van der Waals surface area contributed by atoms with Crippen LogP contribution < -0.4 is 3.51 Å². The molecule has 0 fully saturated rings. The molecule has 0 atom stereocenters. The van der Waals surface area contributed by atoms with Crippen LogP contribution in [0.25, 0.3) is 0 Å². The number of rotatable bonds is 0. The fraction of sp³-hybridized carbons (Fsp3) is 0. The van der Waals surface area contributed by atoms with Gasteiger partial charge in [-0.15, -0.1) is 0 Å². The minimum absolute atomic E-state index is 0.00787. The Bertz CT molecular complexity index is 202. The molecule has 0 saturated carbocycles. The van der Waals surface area contributed by atoms with Crippen molar-refractivity contribution in [3.8, 4) is 11.5 Å². The Labute approximate surface area is 66.6 Å². The first kappa shape index (κ1) is 6.75. The third-order valence-electron chi connectivity index (χ3n) is 0.993. The van der Waals surface area contributed by atoms with E-state index in [2.05, 4.69) is 0 Å². The second kappa shape index (κ2) is 2.48. The molecule has 2 N–H and O–H groups in total. The van der Waals surface area contributed by atoms with Gasteiger partial charge in [0.2, 0.25) is 0 Å². The second-order valence-electron chi connectivity index (χ2n) is 1.64. The van der Waals surface area contributed by atoms with Crippen LogP contribution in [0.1, 0.15) is 0 Å². The van der Waals surface area contributed by atoms with Crippen molar-refractivity contribution < 1.29 is 10.2 Å². The molecule has 9 heavy (non-hydrogen) atoms. The summed E-state index contributed by atoms with van der Waals surface area (Å²) in [5, 5.41) is 17.8. The van der Waals surface area contributed by atoms with Gasteiger partial charge in [0, 0.05) is 0 Å². The molecule has 0 amide bonds. The topological polar surface area (TPSA) is 40.5 Å². The molecule has 46 valence electrons. The molecule has 2 nitrogen and oxygen atoms in total. The van der Waals surface area contributed by atoms with Crippen LogP contribution in [0.4, 0.5) is 0 Å². The molecule has 0 heterocycles. The van der Waals surface area contributed by atoms with Crippen molar-refractivity contribution in [2.24, 2.45) is 0 Å². The fourth-order valence-corrected chi connectivity index (χ4v) is 1.09. The quantitative estimate of drug-likeness (QED) is 0.483. The van der Waals surface area contributed by atoms with E-state index in [1.165, 1.54) is 29.1 Å². The third kappa shape index (κ3) is 1.31. The molecule has 3 heteroatoms. The van der Waals surface area contributed by atoms with Crippen LogP contribution >= 0.6 is 0 Å². The monoisotopic (exact) mass is 230 g/mol. The predicted octanol–water partition coefficient (Wildman–Crippen LogP) is -0.108. The van der Waals surface area contributed by atoms with Crippen molar-refractivity contribution in [1.29, 1.82) is 0 Å². The molecule has 1 rings (SSSR count). The van der Waals surface area contributed by atoms with Crippen molar-refractivity contribution in [2.75, 3.05) is 0 Å². The van der Waals surface area contributed by atoms with E-state index in [1.807, 2.05) is 0 Å². The molecule has 0 spiro atoms. The van der Waals surface area contributed by atoms with Crippen LogP contribution in [0.3, 0.4) is 0 Å². The van der Waals surface area contributed by atoms with Gasteiger partial charge in [0.15, 0.2) is 0 Å². The van der Waals surface area contributed by atoms with Crippen LogP contribution in [0.5, 0.6) is 11.5 Å². The van der Waals surface area contributed by atoms with Crippen molar-refractivity contribution in [3.63, 3.8) is 0 Å². The first-order chi connectivity index (χ1) is 4.22. The summed E-state index contributed by atoms with van der Waals surface area (Å²) in [5.41, 5.74) is 0. The maximum atomic E-state index is 8.97. The third-order valence-corrected chi connectivity index (χ3v) is 2.02. The molecule has 0 aromatic heterocycles. The zero-order chi connectivity index (χ0) is 6.85. The van der Waals surface area contributed by atoms with Crippen LogP contribution in [0.2, 0.25) is 0 Å². The van der Waals surface area contributed by atoms with Crippen molar-refractivity contribution in [1.82, 2.24) is 0 Å². The minimum atomic E-state index is -0.0477. The van der Waals surface area contributed by atoms with Crippen LogP contribution in [0.15, 0.2) is 18.2 Å². The van der Waals surface area contributed by atoms with Gasteiger partial charge >= 0.3 is 66.4 Å². The van der Waals surface area contributed by atoms with E-state index in [-0.39, 0.29) is 11.5 Å². The van der Waals surface area contributed by atoms with Crippen LogP contribution in [0, 0.1) is 0 Å². The molecule has 0 unspecified atom stereocenters. The number of phenols is 2. The Balaban J connectivity index is 3.25. The van der Waals surface area contributed by atoms with Gasteiger partial charge in [0.05, 0.1) is 0 Å². The molecular formula is C6H5O2Sb. The van der Waals surface area contributed by atoms with E-state index in [0.717, 1.165) is 3.51 Å². The van der Waals surface area contributed by atoms with Gasteiger partial charge in [-0.25, -0.2) is 0 Å². The van der Waals surface area contributed by atoms with Gasteiger partial charge < -0.3 is 0 Å². The Hall–Kier alpha value is -0.362. The molecular weight excluding hydrogens is 226 g/mol. The standard InChI is InChI=1S/C6H5O2.Sb/c7-5-3-1-2-4-6(5)8;/h1-3,7-8H;. The van der Waals surface area contributed by atoms with Crippen LogP contribution in [-0.4, -0.2) is 33.2 Å². The summed E-state index contributed by atoms with van der Waals surface area (Å²) in [7, 11) is 0. The Morgan fingerprint density at radius 3 is 2.33 bits per heavy atom. The first-order valence-corrected chi connectivity index (χ1v) is 3.69. The summed E-state index contributed by atoms with van der Waals surface area (Å²) in [5.74, 6) is -0.0556. The number of hydrogen-bond acceptors (Lipinski definition) is 2. The number of phenolic OH excluding ortho intramolecular Hbond substituents is 2. The van der Waals surface area contributed by atoms with Crippen molar-refractivity contribution in [2.45, 2.75) is 0 Å². The average molecular weight is 231 g/mol. The van der Waals surface area contributed by atoms with E-state index >= 15 is 0 Å². The van der Waals surface area contributed by atoms with E-state index in [1.54, 1.807) is 12.1 Å². The Kier molecular flexibility index (Phi) is 1.86. The van der Waals surface area contributed by atoms with E-state index in [9.17, 15) is 0 Å². The maximum absolute atomic E-state index is 8.97. The summed E-state index contributed by atoms with van der Waals surface area (Å²) in [6, 6.07) is 4.91. The summed E-state index contributed by atoms with van der Waals surface area (Å²) >= 11 is 1.38. The number of benzene rings is 1. The predicted molar refractivity (Wildman–Crippen MR) is 35.2 cm³/mol. The van der Waals surface area contributed by atoms with Gasteiger partial charge in [0.1, 0.15) is 0 Å². The average Bonchev–Trinajstić information content (AvgIpc) is 1.83. The number of aromatic hydroxyl groups is 2.